The van der Waals surface area contributed by atoms with E-state index < -0.39 is 5.97 Å². The SMILES string of the molecule is COC(=O)c1ccc(NC(=O)c2cncc(Nc3cccc4cccnc34)c2)cc1. The fourth-order valence-electron chi connectivity index (χ4n) is 3.00. The molecule has 0 radical (unpaired) electrons. The lowest BCUT2D eigenvalue weighted by atomic mass is 10.1. The number of pyridine rings is 2. The minimum atomic E-state index is -0.432. The molecule has 4 aromatic rings. The van der Waals surface area contributed by atoms with Gasteiger partial charge in [0.05, 0.1) is 41.3 Å². The van der Waals surface area contributed by atoms with Crippen molar-refractivity contribution in [2.75, 3.05) is 17.7 Å². The van der Waals surface area contributed by atoms with Gasteiger partial charge < -0.3 is 15.4 Å². The first-order chi connectivity index (χ1) is 14.6. The van der Waals surface area contributed by atoms with E-state index in [9.17, 15) is 9.59 Å². The third-order valence-corrected chi connectivity index (χ3v) is 4.48. The maximum Gasteiger partial charge on any atom is 0.337 e. The van der Waals surface area contributed by atoms with Crippen LogP contribution in [0, 0.1) is 0 Å². The van der Waals surface area contributed by atoms with Crippen molar-refractivity contribution in [3.05, 3.63) is 90.4 Å². The Morgan fingerprint density at radius 1 is 0.900 bits per heavy atom. The van der Waals surface area contributed by atoms with Gasteiger partial charge in [0.2, 0.25) is 0 Å². The monoisotopic (exact) mass is 398 g/mol. The van der Waals surface area contributed by atoms with E-state index in [0.717, 1.165) is 16.6 Å². The molecule has 148 valence electrons. The second kappa shape index (κ2) is 8.40. The van der Waals surface area contributed by atoms with Crippen molar-refractivity contribution in [3.63, 3.8) is 0 Å². The number of amides is 1. The molecule has 0 fully saturated rings. The molecule has 0 unspecified atom stereocenters. The van der Waals surface area contributed by atoms with E-state index in [1.54, 1.807) is 42.7 Å². The molecule has 0 saturated heterocycles. The molecule has 0 aliphatic carbocycles. The summed E-state index contributed by atoms with van der Waals surface area (Å²) in [5.41, 5.74) is 3.69. The molecule has 0 bridgehead atoms. The molecule has 0 saturated carbocycles. The Kier molecular flexibility index (Phi) is 5.34. The second-order valence-electron chi connectivity index (χ2n) is 6.49. The lowest BCUT2D eigenvalue weighted by molar-refractivity contribution is 0.0600. The van der Waals surface area contributed by atoms with E-state index in [1.165, 1.54) is 13.3 Å². The number of nitrogens with zero attached hydrogens (tertiary/aromatic N) is 2. The minimum absolute atomic E-state index is 0.312. The molecule has 2 heterocycles. The molecule has 0 spiro atoms. The summed E-state index contributed by atoms with van der Waals surface area (Å²) in [6.45, 7) is 0. The number of methoxy groups -OCH3 is 1. The normalized spacial score (nSPS) is 10.4. The van der Waals surface area contributed by atoms with Crippen molar-refractivity contribution in [2.45, 2.75) is 0 Å². The highest BCUT2D eigenvalue weighted by atomic mass is 16.5. The van der Waals surface area contributed by atoms with Gasteiger partial charge in [0, 0.05) is 23.5 Å². The van der Waals surface area contributed by atoms with Gasteiger partial charge >= 0.3 is 5.97 Å². The molecule has 7 heteroatoms. The number of fused-ring (bicyclic) bond motifs is 1. The van der Waals surface area contributed by atoms with Crippen LogP contribution in [0.4, 0.5) is 17.1 Å². The van der Waals surface area contributed by atoms with Gasteiger partial charge in [0.25, 0.3) is 5.91 Å². The highest BCUT2D eigenvalue weighted by molar-refractivity contribution is 6.05. The van der Waals surface area contributed by atoms with Crippen molar-refractivity contribution >= 4 is 39.8 Å². The molecule has 4 rings (SSSR count). The smallest absolute Gasteiger partial charge is 0.337 e. The maximum absolute atomic E-state index is 12.6. The van der Waals surface area contributed by atoms with E-state index in [-0.39, 0.29) is 5.91 Å². The number of benzene rings is 2. The van der Waals surface area contributed by atoms with Crippen LogP contribution in [0.1, 0.15) is 20.7 Å². The average Bonchev–Trinajstić information content (AvgIpc) is 2.79. The van der Waals surface area contributed by atoms with Gasteiger partial charge in [-0.2, -0.15) is 0 Å². The van der Waals surface area contributed by atoms with Gasteiger partial charge in [-0.05, 0) is 42.5 Å². The molecule has 2 aromatic carbocycles. The lowest BCUT2D eigenvalue weighted by Crippen LogP contribution is -2.12. The number of ether oxygens (including phenoxy) is 1. The Morgan fingerprint density at radius 3 is 2.50 bits per heavy atom. The predicted octanol–water partition coefficient (Wildman–Crippen LogP) is 4.41. The number of carbonyl (C=O) groups excluding carboxylic acids is 2. The number of rotatable bonds is 5. The highest BCUT2D eigenvalue weighted by Gasteiger charge is 2.10. The van der Waals surface area contributed by atoms with Gasteiger partial charge in [-0.25, -0.2) is 4.79 Å². The number of hydrogen-bond donors (Lipinski definition) is 2. The van der Waals surface area contributed by atoms with Crippen LogP contribution in [0.25, 0.3) is 10.9 Å². The van der Waals surface area contributed by atoms with E-state index in [1.807, 2.05) is 30.3 Å². The van der Waals surface area contributed by atoms with Crippen LogP contribution in [0.15, 0.2) is 79.3 Å². The molecule has 2 aromatic heterocycles. The highest BCUT2D eigenvalue weighted by Crippen LogP contribution is 2.24. The standard InChI is InChI=1S/C23H18N4O3/c1-30-23(29)16-7-9-18(10-8-16)27-22(28)17-12-19(14-24-13-17)26-20-6-2-4-15-5-3-11-25-21(15)20/h2-14,26H,1H3,(H,27,28). The van der Waals surface area contributed by atoms with Crippen LogP contribution in [-0.2, 0) is 4.74 Å². The van der Waals surface area contributed by atoms with Gasteiger partial charge in [0.1, 0.15) is 0 Å². The maximum atomic E-state index is 12.6. The summed E-state index contributed by atoms with van der Waals surface area (Å²) in [6, 6.07) is 17.9. The van der Waals surface area contributed by atoms with E-state index in [0.29, 0.717) is 22.5 Å². The van der Waals surface area contributed by atoms with Crippen LogP contribution >= 0.6 is 0 Å². The molecule has 1 amide bonds. The van der Waals surface area contributed by atoms with E-state index in [4.69, 9.17) is 0 Å². The Hall–Kier alpha value is -4.26. The van der Waals surface area contributed by atoms with E-state index in [2.05, 4.69) is 25.3 Å². The van der Waals surface area contributed by atoms with Crippen LogP contribution in [-0.4, -0.2) is 29.0 Å². The topological polar surface area (TPSA) is 93.2 Å². The fraction of sp³-hybridized carbons (Fsp3) is 0.0435. The quantitative estimate of drug-likeness (QED) is 0.484. The lowest BCUT2D eigenvalue weighted by Gasteiger charge is -2.10. The number of hydrogen-bond acceptors (Lipinski definition) is 6. The van der Waals surface area contributed by atoms with Gasteiger partial charge in [-0.1, -0.05) is 18.2 Å². The Bertz CT molecular complexity index is 1220. The summed E-state index contributed by atoms with van der Waals surface area (Å²) in [5.74, 6) is -0.744. The Morgan fingerprint density at radius 2 is 1.70 bits per heavy atom. The summed E-state index contributed by atoms with van der Waals surface area (Å²) in [6.07, 6.45) is 4.87. The zero-order valence-corrected chi connectivity index (χ0v) is 16.1. The van der Waals surface area contributed by atoms with Gasteiger partial charge in [-0.3, -0.25) is 14.8 Å². The Balaban J connectivity index is 1.51. The zero-order valence-electron chi connectivity index (χ0n) is 16.1. The van der Waals surface area contributed by atoms with Crippen LogP contribution in [0.5, 0.6) is 0 Å². The van der Waals surface area contributed by atoms with Crippen LogP contribution < -0.4 is 10.6 Å². The first-order valence-corrected chi connectivity index (χ1v) is 9.19. The number of aromatic nitrogens is 2. The third kappa shape index (κ3) is 4.10. The molecular formula is C23H18N4O3. The van der Waals surface area contributed by atoms with Gasteiger partial charge in [0.15, 0.2) is 0 Å². The molecule has 2 N–H and O–H groups in total. The number of esters is 1. The van der Waals surface area contributed by atoms with Crippen LogP contribution in [0.3, 0.4) is 0 Å². The van der Waals surface area contributed by atoms with Crippen molar-refractivity contribution in [1.29, 1.82) is 0 Å². The second-order valence-corrected chi connectivity index (χ2v) is 6.49. The third-order valence-electron chi connectivity index (χ3n) is 4.48. The summed E-state index contributed by atoms with van der Waals surface area (Å²) in [7, 11) is 1.32. The molecule has 0 aliphatic rings. The van der Waals surface area contributed by atoms with Crippen LogP contribution in [0.2, 0.25) is 0 Å². The fourth-order valence-corrected chi connectivity index (χ4v) is 3.00. The van der Waals surface area contributed by atoms with Crippen molar-refractivity contribution in [3.8, 4) is 0 Å². The Labute approximate surface area is 172 Å². The first-order valence-electron chi connectivity index (χ1n) is 9.19. The predicted molar refractivity (Wildman–Crippen MR) is 115 cm³/mol. The minimum Gasteiger partial charge on any atom is -0.465 e. The summed E-state index contributed by atoms with van der Waals surface area (Å²) < 4.78 is 4.67. The van der Waals surface area contributed by atoms with Crippen molar-refractivity contribution < 1.29 is 14.3 Å². The summed E-state index contributed by atoms with van der Waals surface area (Å²) in [5, 5.41) is 7.08. The largest absolute Gasteiger partial charge is 0.465 e. The molecule has 30 heavy (non-hydrogen) atoms. The molecule has 0 atom stereocenters. The van der Waals surface area contributed by atoms with Gasteiger partial charge in [-0.15, -0.1) is 0 Å². The zero-order chi connectivity index (χ0) is 20.9. The summed E-state index contributed by atoms with van der Waals surface area (Å²) >= 11 is 0. The number of anilines is 3. The number of para-hydroxylation sites is 1. The molecular weight excluding hydrogens is 380 g/mol. The van der Waals surface area contributed by atoms with Crippen molar-refractivity contribution in [1.82, 2.24) is 9.97 Å². The molecule has 0 aliphatic heterocycles. The summed E-state index contributed by atoms with van der Waals surface area (Å²) in [4.78, 5) is 32.7. The average molecular weight is 398 g/mol. The molecule has 7 nitrogen and oxygen atoms in total. The van der Waals surface area contributed by atoms with E-state index >= 15 is 0 Å². The first kappa shape index (κ1) is 19.1. The number of nitrogens with one attached hydrogen (secondary N) is 2. The van der Waals surface area contributed by atoms with Crippen molar-refractivity contribution in [2.24, 2.45) is 0 Å². The number of carbonyl (C=O) groups is 2.